The molecule has 23 heavy (non-hydrogen) atoms. The normalized spacial score (nSPS) is 19.9. The SMILES string of the molecule is CC1CN(C(=O)Cc2cnn(Cc3ccccc3)c2)S(=O)(=O)C1. The summed E-state index contributed by atoms with van der Waals surface area (Å²) < 4.78 is 26.6. The number of carbonyl (C=O) groups is 1. The van der Waals surface area contributed by atoms with Crippen LogP contribution in [0.4, 0.5) is 0 Å². The molecule has 122 valence electrons. The molecule has 7 heteroatoms. The lowest BCUT2D eigenvalue weighted by atomic mass is 10.2. The van der Waals surface area contributed by atoms with E-state index in [9.17, 15) is 13.2 Å². The lowest BCUT2D eigenvalue weighted by Gasteiger charge is -2.14. The van der Waals surface area contributed by atoms with Crippen LogP contribution in [0, 0.1) is 5.92 Å². The Morgan fingerprint density at radius 1 is 1.26 bits per heavy atom. The Morgan fingerprint density at radius 2 is 2.00 bits per heavy atom. The number of carbonyl (C=O) groups excluding carboxylic acids is 1. The molecule has 1 amide bonds. The quantitative estimate of drug-likeness (QED) is 0.845. The van der Waals surface area contributed by atoms with Gasteiger partial charge in [-0.2, -0.15) is 5.10 Å². The van der Waals surface area contributed by atoms with Gasteiger partial charge in [-0.25, -0.2) is 12.7 Å². The Balaban J connectivity index is 1.66. The van der Waals surface area contributed by atoms with Crippen molar-refractivity contribution in [1.82, 2.24) is 14.1 Å². The first kappa shape index (κ1) is 15.7. The maximum Gasteiger partial charge on any atom is 0.240 e. The minimum absolute atomic E-state index is 0.00949. The maximum atomic E-state index is 12.3. The molecule has 3 rings (SSSR count). The summed E-state index contributed by atoms with van der Waals surface area (Å²) in [5.41, 5.74) is 1.84. The van der Waals surface area contributed by atoms with Crippen LogP contribution in [-0.4, -0.2) is 40.7 Å². The first-order chi connectivity index (χ1) is 10.9. The van der Waals surface area contributed by atoms with Crippen LogP contribution in [0.3, 0.4) is 0 Å². The predicted molar refractivity (Wildman–Crippen MR) is 86.1 cm³/mol. The van der Waals surface area contributed by atoms with Crippen molar-refractivity contribution < 1.29 is 13.2 Å². The zero-order chi connectivity index (χ0) is 16.4. The lowest BCUT2D eigenvalue weighted by Crippen LogP contribution is -2.33. The summed E-state index contributed by atoms with van der Waals surface area (Å²) in [6.45, 7) is 2.73. The van der Waals surface area contributed by atoms with Crippen molar-refractivity contribution in [3.8, 4) is 0 Å². The van der Waals surface area contributed by atoms with E-state index in [2.05, 4.69) is 5.10 Å². The molecule has 0 bridgehead atoms. The number of hydrogen-bond donors (Lipinski definition) is 0. The molecule has 1 atom stereocenters. The summed E-state index contributed by atoms with van der Waals surface area (Å²) in [5.74, 6) is -0.343. The summed E-state index contributed by atoms with van der Waals surface area (Å²) in [6.07, 6.45) is 3.46. The number of amides is 1. The zero-order valence-corrected chi connectivity index (χ0v) is 13.7. The molecule has 2 aromatic rings. The molecule has 1 aliphatic rings. The Morgan fingerprint density at radius 3 is 2.65 bits per heavy atom. The van der Waals surface area contributed by atoms with Crippen molar-refractivity contribution in [1.29, 1.82) is 0 Å². The number of nitrogens with zero attached hydrogens (tertiary/aromatic N) is 3. The Kier molecular flexibility index (Phi) is 4.21. The van der Waals surface area contributed by atoms with E-state index in [0.29, 0.717) is 6.54 Å². The smallest absolute Gasteiger partial charge is 0.240 e. The molecule has 1 unspecified atom stereocenters. The first-order valence-electron chi connectivity index (χ1n) is 7.52. The van der Waals surface area contributed by atoms with Gasteiger partial charge in [0.1, 0.15) is 0 Å². The third-order valence-electron chi connectivity index (χ3n) is 3.82. The fourth-order valence-corrected chi connectivity index (χ4v) is 4.63. The molecule has 2 heterocycles. The summed E-state index contributed by atoms with van der Waals surface area (Å²) in [4.78, 5) is 12.3. The maximum absolute atomic E-state index is 12.3. The number of aromatic nitrogens is 2. The van der Waals surface area contributed by atoms with Crippen molar-refractivity contribution in [3.63, 3.8) is 0 Å². The van der Waals surface area contributed by atoms with Gasteiger partial charge in [0.15, 0.2) is 0 Å². The highest BCUT2D eigenvalue weighted by molar-refractivity contribution is 7.89. The van der Waals surface area contributed by atoms with Gasteiger partial charge in [0, 0.05) is 12.7 Å². The van der Waals surface area contributed by atoms with Crippen LogP contribution < -0.4 is 0 Å². The zero-order valence-electron chi connectivity index (χ0n) is 12.9. The van der Waals surface area contributed by atoms with Gasteiger partial charge in [0.2, 0.25) is 15.9 Å². The average molecular weight is 333 g/mol. The van der Waals surface area contributed by atoms with Gasteiger partial charge in [-0.15, -0.1) is 0 Å². The highest BCUT2D eigenvalue weighted by Crippen LogP contribution is 2.20. The number of sulfonamides is 1. The highest BCUT2D eigenvalue weighted by Gasteiger charge is 2.36. The van der Waals surface area contributed by atoms with Crippen LogP contribution in [0.15, 0.2) is 42.7 Å². The van der Waals surface area contributed by atoms with Crippen molar-refractivity contribution in [2.45, 2.75) is 19.9 Å². The molecule has 1 aliphatic heterocycles. The molecule has 0 aliphatic carbocycles. The number of rotatable bonds is 4. The van der Waals surface area contributed by atoms with E-state index < -0.39 is 10.0 Å². The average Bonchev–Trinajstić information content (AvgIpc) is 3.03. The van der Waals surface area contributed by atoms with E-state index in [1.165, 1.54) is 0 Å². The molecule has 1 aromatic heterocycles. The van der Waals surface area contributed by atoms with Gasteiger partial charge in [-0.05, 0) is 17.0 Å². The molecule has 0 spiro atoms. The van der Waals surface area contributed by atoms with Crippen molar-refractivity contribution in [3.05, 3.63) is 53.9 Å². The van der Waals surface area contributed by atoms with E-state index in [4.69, 9.17) is 0 Å². The van der Waals surface area contributed by atoms with Crippen LogP contribution >= 0.6 is 0 Å². The topological polar surface area (TPSA) is 72.3 Å². The fourth-order valence-electron chi connectivity index (χ4n) is 2.77. The molecule has 0 radical (unpaired) electrons. The molecule has 1 saturated heterocycles. The molecule has 1 aromatic carbocycles. The molecular formula is C16H19N3O3S. The Labute approximate surface area is 135 Å². The van der Waals surface area contributed by atoms with Crippen LogP contribution in [-0.2, 0) is 27.8 Å². The molecule has 0 N–H and O–H groups in total. The monoisotopic (exact) mass is 333 g/mol. The molecule has 6 nitrogen and oxygen atoms in total. The second kappa shape index (κ2) is 6.16. The van der Waals surface area contributed by atoms with Crippen LogP contribution in [0.5, 0.6) is 0 Å². The molecular weight excluding hydrogens is 314 g/mol. The standard InChI is InChI=1S/C16H19N3O3S/c1-13-9-19(23(21,22)12-13)16(20)7-15-8-17-18(11-15)10-14-5-3-2-4-6-14/h2-6,8,11,13H,7,9-10,12H2,1H3. The van der Waals surface area contributed by atoms with E-state index >= 15 is 0 Å². The van der Waals surface area contributed by atoms with Gasteiger partial charge in [0.05, 0.1) is 24.9 Å². The fraction of sp³-hybridized carbons (Fsp3) is 0.375. The second-order valence-electron chi connectivity index (χ2n) is 6.02. The van der Waals surface area contributed by atoms with E-state index in [-0.39, 0.29) is 30.5 Å². The summed E-state index contributed by atoms with van der Waals surface area (Å²) in [7, 11) is -3.44. The number of benzene rings is 1. The highest BCUT2D eigenvalue weighted by atomic mass is 32.2. The van der Waals surface area contributed by atoms with Gasteiger partial charge >= 0.3 is 0 Å². The van der Waals surface area contributed by atoms with Crippen LogP contribution in [0.25, 0.3) is 0 Å². The summed E-state index contributed by atoms with van der Waals surface area (Å²) >= 11 is 0. The summed E-state index contributed by atoms with van der Waals surface area (Å²) in [5, 5.41) is 4.24. The third-order valence-corrected chi connectivity index (χ3v) is 5.83. The predicted octanol–water partition coefficient (Wildman–Crippen LogP) is 1.28. The third kappa shape index (κ3) is 3.61. The van der Waals surface area contributed by atoms with Gasteiger partial charge in [-0.1, -0.05) is 37.3 Å². The lowest BCUT2D eigenvalue weighted by molar-refractivity contribution is -0.125. The van der Waals surface area contributed by atoms with E-state index in [1.54, 1.807) is 17.1 Å². The molecule has 0 saturated carbocycles. The van der Waals surface area contributed by atoms with E-state index in [1.807, 2.05) is 37.3 Å². The van der Waals surface area contributed by atoms with Crippen LogP contribution in [0.1, 0.15) is 18.1 Å². The molecule has 1 fully saturated rings. The Hall–Kier alpha value is -2.15. The number of hydrogen-bond acceptors (Lipinski definition) is 4. The summed E-state index contributed by atoms with van der Waals surface area (Å²) in [6, 6.07) is 9.88. The van der Waals surface area contributed by atoms with Gasteiger partial charge < -0.3 is 0 Å². The van der Waals surface area contributed by atoms with Crippen molar-refractivity contribution in [2.75, 3.05) is 12.3 Å². The second-order valence-corrected chi connectivity index (χ2v) is 7.96. The van der Waals surface area contributed by atoms with Gasteiger partial charge in [-0.3, -0.25) is 9.48 Å². The van der Waals surface area contributed by atoms with Crippen molar-refractivity contribution >= 4 is 15.9 Å². The largest absolute Gasteiger partial charge is 0.273 e. The minimum atomic E-state index is -3.44. The first-order valence-corrected chi connectivity index (χ1v) is 9.13. The van der Waals surface area contributed by atoms with E-state index in [0.717, 1.165) is 15.4 Å². The minimum Gasteiger partial charge on any atom is -0.273 e. The van der Waals surface area contributed by atoms with Crippen molar-refractivity contribution in [2.24, 2.45) is 5.92 Å². The van der Waals surface area contributed by atoms with Crippen LogP contribution in [0.2, 0.25) is 0 Å². The Bertz CT molecular complexity index is 799. The van der Waals surface area contributed by atoms with Gasteiger partial charge in [0.25, 0.3) is 0 Å².